The van der Waals surface area contributed by atoms with Gasteiger partial charge in [-0.05, 0) is 123 Å². The monoisotopic (exact) mass is 540 g/mol. The van der Waals surface area contributed by atoms with Crippen LogP contribution >= 0.6 is 0 Å². The summed E-state index contributed by atoms with van der Waals surface area (Å²) < 4.78 is 12.7. The Kier molecular flexibility index (Phi) is 6.09. The van der Waals surface area contributed by atoms with E-state index in [1.807, 2.05) is 0 Å². The SMILES string of the molecule is CC(=O)O[C@H]1CC[C@]2(C)[C@H]3CC[C@@H]4[C@H]5[C@H](C)[C@]6(C)OC[C@]5(CC[C@@]4(C)[C@]3(C)CC[C@H]2C1(C)C)C[C@@H]6/C(C)=N\N. The fourth-order valence-corrected chi connectivity index (χ4v) is 13.3. The lowest BCUT2D eigenvalue weighted by atomic mass is 9.30. The summed E-state index contributed by atoms with van der Waals surface area (Å²) in [7, 11) is 0. The maximum Gasteiger partial charge on any atom is 0.302 e. The summed E-state index contributed by atoms with van der Waals surface area (Å²) in [5.41, 5.74) is 2.20. The van der Waals surface area contributed by atoms with Crippen LogP contribution in [-0.2, 0) is 14.3 Å². The maximum atomic E-state index is 12.0. The molecule has 0 radical (unpaired) electrons. The van der Waals surface area contributed by atoms with E-state index in [1.165, 1.54) is 51.4 Å². The Morgan fingerprint density at radius 1 is 0.897 bits per heavy atom. The van der Waals surface area contributed by atoms with Gasteiger partial charge < -0.3 is 15.3 Å². The molecule has 0 aromatic heterocycles. The number of esters is 1. The lowest BCUT2D eigenvalue weighted by Gasteiger charge is -2.76. The zero-order chi connectivity index (χ0) is 28.4. The molecule has 0 aromatic carbocycles. The van der Waals surface area contributed by atoms with Crippen LogP contribution in [0.3, 0.4) is 0 Å². The molecule has 5 aliphatic carbocycles. The van der Waals surface area contributed by atoms with Crippen molar-refractivity contribution in [1.29, 1.82) is 0 Å². The average Bonchev–Trinajstić information content (AvgIpc) is 2.86. The van der Waals surface area contributed by atoms with Gasteiger partial charge in [-0.1, -0.05) is 41.5 Å². The molecule has 7 rings (SSSR count). The van der Waals surface area contributed by atoms with Crippen molar-refractivity contribution in [3.63, 3.8) is 0 Å². The van der Waals surface area contributed by atoms with E-state index in [9.17, 15) is 4.79 Å². The molecule has 0 amide bonds. The van der Waals surface area contributed by atoms with Gasteiger partial charge in [0, 0.05) is 24.0 Å². The van der Waals surface area contributed by atoms with Gasteiger partial charge in [-0.25, -0.2) is 0 Å². The Balaban J connectivity index is 1.34. The van der Waals surface area contributed by atoms with Crippen LogP contribution in [0.4, 0.5) is 0 Å². The third-order valence-corrected chi connectivity index (χ3v) is 15.6. The number of hydrazone groups is 1. The molecule has 5 heteroatoms. The molecular weight excluding hydrogens is 484 g/mol. The lowest BCUT2D eigenvalue weighted by Crippen LogP contribution is -2.73. The van der Waals surface area contributed by atoms with Crippen LogP contribution in [0.1, 0.15) is 120 Å². The number of carbonyl (C=O) groups excluding carboxylic acids is 1. The van der Waals surface area contributed by atoms with Crippen molar-refractivity contribution < 1.29 is 14.3 Å². The van der Waals surface area contributed by atoms with E-state index in [-0.39, 0.29) is 28.5 Å². The van der Waals surface area contributed by atoms with Gasteiger partial charge in [0.1, 0.15) is 6.10 Å². The molecule has 1 spiro atoms. The lowest BCUT2D eigenvalue weighted by molar-refractivity contribution is -0.316. The number of carbonyl (C=O) groups is 1. The summed E-state index contributed by atoms with van der Waals surface area (Å²) in [6.45, 7) is 22.4. The highest BCUT2D eigenvalue weighted by Crippen LogP contribution is 2.78. The van der Waals surface area contributed by atoms with Crippen molar-refractivity contribution in [2.75, 3.05) is 6.61 Å². The number of nitrogens with two attached hydrogens (primary N) is 1. The van der Waals surface area contributed by atoms with Crippen LogP contribution in [0, 0.1) is 62.6 Å². The molecule has 12 atom stereocenters. The molecule has 7 aliphatic rings. The van der Waals surface area contributed by atoms with Crippen molar-refractivity contribution in [3.05, 3.63) is 0 Å². The number of ether oxygens (including phenoxy) is 2. The number of nitrogens with zero attached hydrogens (tertiary/aromatic N) is 1. The van der Waals surface area contributed by atoms with Crippen LogP contribution in [0.15, 0.2) is 5.10 Å². The maximum absolute atomic E-state index is 12.0. The fourth-order valence-electron chi connectivity index (χ4n) is 13.3. The molecule has 39 heavy (non-hydrogen) atoms. The molecule has 2 aliphatic heterocycles. The standard InChI is InChI=1S/C34H56N2O3/c1-20-28-23-10-11-26-30(6)14-13-27(39-22(3)37)29(4,5)25(30)12-15-32(26,8)31(23,7)16-17-34(28)18-24(21(2)36-35)33(20,9)38-19-34/h20,23-28H,10-19,35H2,1-9H3/b36-21-/t20-,23+,24+,25-,26+,27-,28+,30-,31+,32+,33-,34-/m0/s1. The minimum atomic E-state index is -0.169. The smallest absolute Gasteiger partial charge is 0.302 e. The van der Waals surface area contributed by atoms with Gasteiger partial charge in [-0.3, -0.25) is 4.79 Å². The minimum absolute atomic E-state index is 0.0226. The summed E-state index contributed by atoms with van der Waals surface area (Å²) in [6, 6.07) is 0. The summed E-state index contributed by atoms with van der Waals surface area (Å²) in [5, 5.41) is 4.19. The highest BCUT2D eigenvalue weighted by molar-refractivity contribution is 5.85. The molecule has 0 aromatic rings. The summed E-state index contributed by atoms with van der Waals surface area (Å²) >= 11 is 0. The Bertz CT molecular complexity index is 1070. The first-order valence-corrected chi connectivity index (χ1v) is 16.2. The van der Waals surface area contributed by atoms with E-state index in [4.69, 9.17) is 15.3 Å². The van der Waals surface area contributed by atoms with E-state index in [0.29, 0.717) is 34.0 Å². The van der Waals surface area contributed by atoms with Gasteiger partial charge in [0.25, 0.3) is 0 Å². The number of fused-ring (bicyclic) bond motifs is 7. The Morgan fingerprint density at radius 3 is 2.28 bits per heavy atom. The van der Waals surface area contributed by atoms with E-state index >= 15 is 0 Å². The van der Waals surface area contributed by atoms with E-state index in [0.717, 1.165) is 36.5 Å². The summed E-state index contributed by atoms with van der Waals surface area (Å²) in [5.74, 6) is 9.39. The predicted octanol–water partition coefficient (Wildman–Crippen LogP) is 7.37. The topological polar surface area (TPSA) is 73.9 Å². The third kappa shape index (κ3) is 3.35. The van der Waals surface area contributed by atoms with Gasteiger partial charge in [-0.2, -0.15) is 5.10 Å². The second kappa shape index (κ2) is 8.48. The molecule has 5 saturated carbocycles. The largest absolute Gasteiger partial charge is 0.462 e. The first-order valence-electron chi connectivity index (χ1n) is 16.2. The van der Waals surface area contributed by atoms with E-state index in [1.54, 1.807) is 6.92 Å². The Hall–Kier alpha value is -1.10. The van der Waals surface area contributed by atoms with Crippen LogP contribution in [0.2, 0.25) is 0 Å². The van der Waals surface area contributed by atoms with Crippen molar-refractivity contribution >= 4 is 11.7 Å². The van der Waals surface area contributed by atoms with Crippen LogP contribution in [-0.4, -0.2) is 30.0 Å². The third-order valence-electron chi connectivity index (χ3n) is 15.6. The summed E-state index contributed by atoms with van der Waals surface area (Å²) in [6.07, 6.45) is 11.3. The molecule has 2 N–H and O–H groups in total. The zero-order valence-corrected chi connectivity index (χ0v) is 26.4. The first-order chi connectivity index (χ1) is 18.1. The minimum Gasteiger partial charge on any atom is -0.462 e. The Labute approximate surface area is 237 Å². The van der Waals surface area contributed by atoms with Crippen LogP contribution in [0.25, 0.3) is 0 Å². The van der Waals surface area contributed by atoms with E-state index in [2.05, 4.69) is 60.5 Å². The second-order valence-electron chi connectivity index (χ2n) is 16.8. The fraction of sp³-hybridized carbons (Fsp3) is 0.941. The molecule has 2 heterocycles. The van der Waals surface area contributed by atoms with Gasteiger partial charge in [0.2, 0.25) is 0 Å². The van der Waals surface area contributed by atoms with Gasteiger partial charge >= 0.3 is 5.97 Å². The molecular formula is C34H56N2O3. The van der Waals surface area contributed by atoms with Crippen molar-refractivity contribution in [3.8, 4) is 0 Å². The quantitative estimate of drug-likeness (QED) is 0.172. The highest BCUT2D eigenvalue weighted by atomic mass is 16.5. The number of hydrogen-bond donors (Lipinski definition) is 1. The van der Waals surface area contributed by atoms with Gasteiger partial charge in [0.15, 0.2) is 0 Å². The average molecular weight is 541 g/mol. The van der Waals surface area contributed by atoms with Crippen LogP contribution < -0.4 is 5.84 Å². The number of hydrogen-bond acceptors (Lipinski definition) is 5. The molecule has 5 nitrogen and oxygen atoms in total. The van der Waals surface area contributed by atoms with Crippen molar-refractivity contribution in [1.82, 2.24) is 0 Å². The normalized spacial score (nSPS) is 56.0. The van der Waals surface area contributed by atoms with Gasteiger partial charge in [0.05, 0.1) is 12.2 Å². The molecule has 0 unspecified atom stereocenters. The highest BCUT2D eigenvalue weighted by Gasteiger charge is 2.73. The van der Waals surface area contributed by atoms with Gasteiger partial charge in [-0.15, -0.1) is 0 Å². The predicted molar refractivity (Wildman–Crippen MR) is 156 cm³/mol. The Morgan fingerprint density at radius 2 is 1.62 bits per heavy atom. The zero-order valence-electron chi connectivity index (χ0n) is 26.4. The van der Waals surface area contributed by atoms with Crippen LogP contribution in [0.5, 0.6) is 0 Å². The second-order valence-corrected chi connectivity index (χ2v) is 16.8. The number of rotatable bonds is 2. The van der Waals surface area contributed by atoms with E-state index < -0.39 is 0 Å². The molecule has 7 fully saturated rings. The molecule has 2 saturated heterocycles. The van der Waals surface area contributed by atoms with Crippen molar-refractivity contribution in [2.45, 2.75) is 132 Å². The van der Waals surface area contributed by atoms with Crippen molar-refractivity contribution in [2.24, 2.45) is 73.5 Å². The summed E-state index contributed by atoms with van der Waals surface area (Å²) in [4.78, 5) is 12.0. The molecule has 2 bridgehead atoms. The first kappa shape index (κ1) is 28.0. The molecule has 220 valence electrons.